The van der Waals surface area contributed by atoms with Crippen molar-refractivity contribution in [2.45, 2.75) is 51.2 Å². The van der Waals surface area contributed by atoms with Crippen LogP contribution in [0.1, 0.15) is 36.0 Å². The Kier molecular flexibility index (Phi) is 6.55. The molecule has 1 aliphatic heterocycles. The lowest BCUT2D eigenvalue weighted by Crippen LogP contribution is -2.75. The van der Waals surface area contributed by atoms with Crippen molar-refractivity contribution >= 4 is 17.7 Å². The molecule has 12 heteroatoms. The maximum atomic E-state index is 13.0. The Hall–Kier alpha value is -3.38. The standard InChI is InChI=1S/C20H25FN6O5/c1-10-25-26-17(32-10)16(30)24-20(2,3)19-23-13(14(28)18(31)27(19)4)15(29)22-9-11-5-7-12(21)8-6-11/h5-8,13-14,19,23,28H,9H2,1-4H3,(H,22,29)(H,24,30). The number of hydrogen-bond donors (Lipinski definition) is 4. The molecule has 3 atom stereocenters. The summed E-state index contributed by atoms with van der Waals surface area (Å²) in [5, 5.41) is 25.9. The molecule has 172 valence electrons. The van der Waals surface area contributed by atoms with Crippen molar-refractivity contribution < 1.29 is 28.3 Å². The summed E-state index contributed by atoms with van der Waals surface area (Å²) in [5.74, 6) is -2.39. The van der Waals surface area contributed by atoms with E-state index in [4.69, 9.17) is 4.42 Å². The average molecular weight is 448 g/mol. The Morgan fingerprint density at radius 3 is 2.53 bits per heavy atom. The second-order valence-electron chi connectivity index (χ2n) is 8.09. The summed E-state index contributed by atoms with van der Waals surface area (Å²) in [6, 6.07) is 4.28. The van der Waals surface area contributed by atoms with Gasteiger partial charge in [-0.1, -0.05) is 12.1 Å². The maximum Gasteiger partial charge on any atom is 0.309 e. The number of aryl methyl sites for hydroxylation is 1. The van der Waals surface area contributed by atoms with E-state index in [1.165, 1.54) is 36.2 Å². The number of aliphatic hydroxyl groups excluding tert-OH is 1. The van der Waals surface area contributed by atoms with E-state index in [0.717, 1.165) is 0 Å². The van der Waals surface area contributed by atoms with Gasteiger partial charge in [0.15, 0.2) is 6.10 Å². The highest BCUT2D eigenvalue weighted by Gasteiger charge is 2.48. The van der Waals surface area contributed by atoms with E-state index in [9.17, 15) is 23.9 Å². The van der Waals surface area contributed by atoms with Crippen LogP contribution < -0.4 is 16.0 Å². The number of nitrogens with zero attached hydrogens (tertiary/aromatic N) is 3. The quantitative estimate of drug-likeness (QED) is 0.460. The van der Waals surface area contributed by atoms with E-state index >= 15 is 0 Å². The zero-order valence-corrected chi connectivity index (χ0v) is 18.0. The van der Waals surface area contributed by atoms with E-state index in [2.05, 4.69) is 26.1 Å². The number of aliphatic hydroxyl groups is 1. The average Bonchev–Trinajstić information content (AvgIpc) is 3.17. The largest absolute Gasteiger partial charge is 0.417 e. The lowest BCUT2D eigenvalue weighted by atomic mass is 9.93. The number of nitrogens with one attached hydrogen (secondary N) is 3. The SMILES string of the molecule is Cc1nnc(C(=O)NC(C)(C)C2NC(C(=O)NCc3ccc(F)cc3)C(O)C(=O)N2C)o1. The maximum absolute atomic E-state index is 13.0. The number of amides is 3. The Bertz CT molecular complexity index is 1010. The summed E-state index contributed by atoms with van der Waals surface area (Å²) in [5.41, 5.74) is -0.452. The monoisotopic (exact) mass is 448 g/mol. The molecule has 32 heavy (non-hydrogen) atoms. The van der Waals surface area contributed by atoms with Crippen molar-refractivity contribution in [3.05, 3.63) is 47.4 Å². The Morgan fingerprint density at radius 2 is 1.94 bits per heavy atom. The fourth-order valence-corrected chi connectivity index (χ4v) is 3.47. The topological polar surface area (TPSA) is 150 Å². The van der Waals surface area contributed by atoms with Gasteiger partial charge >= 0.3 is 11.8 Å². The first kappa shape index (κ1) is 23.3. The third-order valence-electron chi connectivity index (χ3n) is 5.14. The number of likely N-dealkylation sites (N-methyl/N-ethyl adjacent to an activating group) is 1. The van der Waals surface area contributed by atoms with Crippen molar-refractivity contribution in [3.8, 4) is 0 Å². The van der Waals surface area contributed by atoms with E-state index in [1.54, 1.807) is 20.8 Å². The lowest BCUT2D eigenvalue weighted by Gasteiger charge is -2.47. The smallest absolute Gasteiger partial charge is 0.309 e. The molecule has 3 amide bonds. The van der Waals surface area contributed by atoms with Crippen LogP contribution in [0.5, 0.6) is 0 Å². The molecule has 4 N–H and O–H groups in total. The minimum absolute atomic E-state index is 0.0787. The van der Waals surface area contributed by atoms with Crippen molar-refractivity contribution in [1.29, 1.82) is 0 Å². The summed E-state index contributed by atoms with van der Waals surface area (Å²) in [7, 11) is 1.45. The molecule has 2 aromatic rings. The van der Waals surface area contributed by atoms with Crippen LogP contribution in [0, 0.1) is 12.7 Å². The van der Waals surface area contributed by atoms with E-state index in [1.807, 2.05) is 0 Å². The molecule has 2 heterocycles. The van der Waals surface area contributed by atoms with Crippen molar-refractivity contribution in [2.24, 2.45) is 0 Å². The van der Waals surface area contributed by atoms with Crippen LogP contribution in [-0.4, -0.2) is 68.8 Å². The van der Waals surface area contributed by atoms with Gasteiger partial charge in [-0.2, -0.15) is 0 Å². The number of hydrogen-bond acceptors (Lipinski definition) is 8. The van der Waals surface area contributed by atoms with Gasteiger partial charge in [-0.3, -0.25) is 19.7 Å². The Balaban J connectivity index is 1.71. The van der Waals surface area contributed by atoms with Gasteiger partial charge in [0, 0.05) is 20.5 Å². The summed E-state index contributed by atoms with van der Waals surface area (Å²) >= 11 is 0. The molecule has 0 radical (unpaired) electrons. The second kappa shape index (κ2) is 9.01. The van der Waals surface area contributed by atoms with Crippen molar-refractivity contribution in [2.75, 3.05) is 7.05 Å². The highest BCUT2D eigenvalue weighted by molar-refractivity contribution is 5.93. The molecule has 1 aromatic heterocycles. The van der Waals surface area contributed by atoms with Crippen LogP contribution in [0.3, 0.4) is 0 Å². The molecule has 1 saturated heterocycles. The summed E-state index contributed by atoms with van der Waals surface area (Å²) < 4.78 is 18.2. The predicted molar refractivity (Wildman–Crippen MR) is 108 cm³/mol. The second-order valence-corrected chi connectivity index (χ2v) is 8.09. The summed E-state index contributed by atoms with van der Waals surface area (Å²) in [6.45, 7) is 4.90. The highest BCUT2D eigenvalue weighted by Crippen LogP contribution is 2.21. The van der Waals surface area contributed by atoms with Crippen LogP contribution >= 0.6 is 0 Å². The van der Waals surface area contributed by atoms with Gasteiger partial charge in [0.25, 0.3) is 5.91 Å². The fraction of sp³-hybridized carbons (Fsp3) is 0.450. The molecule has 0 saturated carbocycles. The Labute approximate surface area is 183 Å². The van der Waals surface area contributed by atoms with Gasteiger partial charge in [-0.15, -0.1) is 10.2 Å². The van der Waals surface area contributed by atoms with Gasteiger partial charge < -0.3 is 25.1 Å². The molecule has 1 aliphatic rings. The third-order valence-corrected chi connectivity index (χ3v) is 5.14. The Morgan fingerprint density at radius 1 is 1.28 bits per heavy atom. The lowest BCUT2D eigenvalue weighted by molar-refractivity contribution is -0.156. The van der Waals surface area contributed by atoms with Gasteiger partial charge in [0.1, 0.15) is 18.0 Å². The molecular weight excluding hydrogens is 423 g/mol. The van der Waals surface area contributed by atoms with Gasteiger partial charge in [-0.05, 0) is 31.5 Å². The molecule has 1 fully saturated rings. The molecule has 3 rings (SSSR count). The van der Waals surface area contributed by atoms with Crippen LogP contribution in [0.15, 0.2) is 28.7 Å². The highest BCUT2D eigenvalue weighted by atomic mass is 19.1. The molecule has 0 aliphatic carbocycles. The normalized spacial score (nSPS) is 21.4. The number of carbonyl (C=O) groups excluding carboxylic acids is 3. The molecule has 1 aromatic carbocycles. The summed E-state index contributed by atoms with van der Waals surface area (Å²) in [6.07, 6.45) is -2.48. The fourth-order valence-electron chi connectivity index (χ4n) is 3.47. The zero-order valence-electron chi connectivity index (χ0n) is 18.0. The van der Waals surface area contributed by atoms with Crippen LogP contribution in [-0.2, 0) is 16.1 Å². The van der Waals surface area contributed by atoms with E-state index in [-0.39, 0.29) is 18.3 Å². The number of halogens is 1. The van der Waals surface area contributed by atoms with E-state index < -0.39 is 47.4 Å². The predicted octanol–water partition coefficient (Wildman–Crippen LogP) is -0.541. The first-order valence-corrected chi connectivity index (χ1v) is 9.85. The van der Waals surface area contributed by atoms with Crippen molar-refractivity contribution in [3.63, 3.8) is 0 Å². The van der Waals surface area contributed by atoms with Crippen LogP contribution in [0.4, 0.5) is 4.39 Å². The molecule has 11 nitrogen and oxygen atoms in total. The minimum Gasteiger partial charge on any atom is -0.417 e. The molecule has 0 bridgehead atoms. The number of benzene rings is 1. The first-order chi connectivity index (χ1) is 15.0. The van der Waals surface area contributed by atoms with Gasteiger partial charge in [0.05, 0.1) is 5.54 Å². The molecule has 0 spiro atoms. The number of carbonyl (C=O) groups is 3. The number of rotatable bonds is 6. The third kappa shape index (κ3) is 4.92. The molecule has 3 unspecified atom stereocenters. The van der Waals surface area contributed by atoms with E-state index in [0.29, 0.717) is 5.56 Å². The van der Waals surface area contributed by atoms with Gasteiger partial charge in [-0.25, -0.2) is 4.39 Å². The van der Waals surface area contributed by atoms with Crippen molar-refractivity contribution in [1.82, 2.24) is 31.0 Å². The minimum atomic E-state index is -1.63. The van der Waals surface area contributed by atoms with Crippen LogP contribution in [0.2, 0.25) is 0 Å². The number of aromatic nitrogens is 2. The van der Waals surface area contributed by atoms with Crippen LogP contribution in [0.25, 0.3) is 0 Å². The molecular formula is C20H25FN6O5. The van der Waals surface area contributed by atoms with Gasteiger partial charge in [0.2, 0.25) is 11.8 Å². The zero-order chi connectivity index (χ0) is 23.6. The summed E-state index contributed by atoms with van der Waals surface area (Å²) in [4.78, 5) is 39.0. The first-order valence-electron chi connectivity index (χ1n) is 9.85.